The van der Waals surface area contributed by atoms with E-state index in [0.29, 0.717) is 47.1 Å². The number of hydrogen-bond donors (Lipinski definition) is 2. The molecule has 5 rings (SSSR count). The molecule has 10 heteroatoms. The van der Waals surface area contributed by atoms with Gasteiger partial charge in [0.15, 0.2) is 0 Å². The number of amides is 1. The summed E-state index contributed by atoms with van der Waals surface area (Å²) in [5.41, 5.74) is 3.35. The van der Waals surface area contributed by atoms with Crippen LogP contribution in [0.1, 0.15) is 42.2 Å². The number of pyridine rings is 1. The lowest BCUT2D eigenvalue weighted by molar-refractivity contribution is 0.0689. The number of benzene rings is 1. The first-order chi connectivity index (χ1) is 16.8. The highest BCUT2D eigenvalue weighted by Crippen LogP contribution is 2.25. The molecule has 0 bridgehead atoms. The van der Waals surface area contributed by atoms with Gasteiger partial charge in [-0.1, -0.05) is 17.3 Å². The van der Waals surface area contributed by atoms with Crippen molar-refractivity contribution in [1.82, 2.24) is 29.1 Å². The summed E-state index contributed by atoms with van der Waals surface area (Å²) in [5.74, 6) is 0.582. The summed E-state index contributed by atoms with van der Waals surface area (Å²) in [7, 11) is 0. The molecule has 35 heavy (non-hydrogen) atoms. The van der Waals surface area contributed by atoms with Crippen molar-refractivity contribution in [3.8, 4) is 17.1 Å². The van der Waals surface area contributed by atoms with Gasteiger partial charge in [0, 0.05) is 36.3 Å². The molecule has 0 atom stereocenters. The summed E-state index contributed by atoms with van der Waals surface area (Å²) in [6, 6.07) is 9.35. The van der Waals surface area contributed by atoms with Crippen LogP contribution in [0.2, 0.25) is 0 Å². The van der Waals surface area contributed by atoms with Gasteiger partial charge in [-0.05, 0) is 51.0 Å². The average molecular weight is 472 g/mol. The van der Waals surface area contributed by atoms with Gasteiger partial charge >= 0.3 is 0 Å². The van der Waals surface area contributed by atoms with Gasteiger partial charge in [0.25, 0.3) is 5.91 Å². The van der Waals surface area contributed by atoms with E-state index in [-0.39, 0.29) is 5.91 Å². The number of carbonyl (C=O) groups is 1. The highest BCUT2D eigenvalue weighted by Gasteiger charge is 2.18. The van der Waals surface area contributed by atoms with E-state index in [9.17, 15) is 9.90 Å². The smallest absolute Gasteiger partial charge is 0.274 e. The SMILES string of the molecule is Cc1ccc(-c2noc(CCC(C)(C)O)n2)cc1NC(=O)c1cnc2ccc(-n3ccnc3)cn12. The van der Waals surface area contributed by atoms with E-state index in [1.807, 2.05) is 54.2 Å². The van der Waals surface area contributed by atoms with Crippen molar-refractivity contribution in [3.63, 3.8) is 0 Å². The summed E-state index contributed by atoms with van der Waals surface area (Å²) < 4.78 is 8.94. The summed E-state index contributed by atoms with van der Waals surface area (Å²) >= 11 is 0. The molecular formula is C25H25N7O3. The molecule has 2 N–H and O–H groups in total. The predicted octanol–water partition coefficient (Wildman–Crippen LogP) is 3.83. The third-order valence-electron chi connectivity index (χ3n) is 5.69. The quantitative estimate of drug-likeness (QED) is 0.370. The monoisotopic (exact) mass is 471 g/mol. The molecule has 0 aliphatic rings. The Kier molecular flexibility index (Phi) is 5.65. The van der Waals surface area contributed by atoms with Crippen LogP contribution in [0.15, 0.2) is 66.0 Å². The Morgan fingerprint density at radius 3 is 2.86 bits per heavy atom. The van der Waals surface area contributed by atoms with E-state index in [1.54, 1.807) is 37.0 Å². The summed E-state index contributed by atoms with van der Waals surface area (Å²) in [5, 5.41) is 17.0. The minimum Gasteiger partial charge on any atom is -0.390 e. The number of imidazole rings is 2. The number of carbonyl (C=O) groups excluding carboxylic acids is 1. The van der Waals surface area contributed by atoms with Crippen LogP contribution in [0.5, 0.6) is 0 Å². The number of rotatable bonds is 7. The summed E-state index contributed by atoms with van der Waals surface area (Å²) in [6.45, 7) is 5.39. The van der Waals surface area contributed by atoms with Crippen LogP contribution in [-0.2, 0) is 6.42 Å². The minimum absolute atomic E-state index is 0.292. The summed E-state index contributed by atoms with van der Waals surface area (Å²) in [6.07, 6.45) is 9.60. The van der Waals surface area contributed by atoms with E-state index in [2.05, 4.69) is 25.4 Å². The number of hydrogen-bond acceptors (Lipinski definition) is 7. The van der Waals surface area contributed by atoms with Gasteiger partial charge in [-0.3, -0.25) is 9.20 Å². The van der Waals surface area contributed by atoms with Gasteiger partial charge in [0.2, 0.25) is 11.7 Å². The molecule has 0 radical (unpaired) electrons. The first kappa shape index (κ1) is 22.5. The zero-order valence-electron chi connectivity index (χ0n) is 19.6. The molecule has 0 unspecified atom stereocenters. The highest BCUT2D eigenvalue weighted by molar-refractivity contribution is 6.04. The Morgan fingerprint density at radius 2 is 2.09 bits per heavy atom. The molecule has 0 saturated heterocycles. The third-order valence-corrected chi connectivity index (χ3v) is 5.69. The second-order valence-corrected chi connectivity index (χ2v) is 9.04. The first-order valence-corrected chi connectivity index (χ1v) is 11.2. The second-order valence-electron chi connectivity index (χ2n) is 9.04. The molecule has 4 heterocycles. The maximum Gasteiger partial charge on any atom is 0.274 e. The molecule has 0 spiro atoms. The molecule has 0 fully saturated rings. The fourth-order valence-electron chi connectivity index (χ4n) is 3.67. The maximum atomic E-state index is 13.2. The number of nitrogens with zero attached hydrogens (tertiary/aromatic N) is 6. The van der Waals surface area contributed by atoms with Crippen LogP contribution in [0.4, 0.5) is 5.69 Å². The molecule has 0 saturated carbocycles. The van der Waals surface area contributed by atoms with Gasteiger partial charge in [0.1, 0.15) is 11.3 Å². The molecule has 1 aromatic carbocycles. The van der Waals surface area contributed by atoms with E-state index in [4.69, 9.17) is 4.52 Å². The van der Waals surface area contributed by atoms with Gasteiger partial charge in [-0.25, -0.2) is 9.97 Å². The zero-order chi connectivity index (χ0) is 24.6. The van der Waals surface area contributed by atoms with Crippen molar-refractivity contribution in [2.45, 2.75) is 39.2 Å². The van der Waals surface area contributed by atoms with E-state index < -0.39 is 5.60 Å². The van der Waals surface area contributed by atoms with Crippen LogP contribution < -0.4 is 5.32 Å². The lowest BCUT2D eigenvalue weighted by Crippen LogP contribution is -2.19. The van der Waals surface area contributed by atoms with Crippen LogP contribution in [-0.4, -0.2) is 45.7 Å². The van der Waals surface area contributed by atoms with Crippen molar-refractivity contribution in [2.24, 2.45) is 0 Å². The highest BCUT2D eigenvalue weighted by atomic mass is 16.5. The molecule has 1 amide bonds. The second kappa shape index (κ2) is 8.80. The van der Waals surface area contributed by atoms with Crippen LogP contribution in [0.3, 0.4) is 0 Å². The van der Waals surface area contributed by atoms with Gasteiger partial charge in [-0.2, -0.15) is 4.98 Å². The van der Waals surface area contributed by atoms with Gasteiger partial charge in [0.05, 0.1) is 23.8 Å². The van der Waals surface area contributed by atoms with Crippen LogP contribution in [0.25, 0.3) is 22.7 Å². The standard InChI is InChI=1S/C25H25N7O3/c1-16-4-5-17(23-29-22(35-30-23)8-9-25(2,3)34)12-19(16)28-24(33)20-13-27-21-7-6-18(14-32(20)21)31-11-10-26-15-31/h4-7,10-15,34H,8-9H2,1-3H3,(H,28,33). The Balaban J connectivity index is 1.39. The number of aryl methyl sites for hydroxylation is 2. The van der Waals surface area contributed by atoms with Gasteiger partial charge in [-0.15, -0.1) is 0 Å². The van der Waals surface area contributed by atoms with Crippen LogP contribution >= 0.6 is 0 Å². The van der Waals surface area contributed by atoms with E-state index in [0.717, 1.165) is 11.3 Å². The Morgan fingerprint density at radius 1 is 1.23 bits per heavy atom. The van der Waals surface area contributed by atoms with E-state index in [1.165, 1.54) is 0 Å². The number of aromatic nitrogens is 6. The number of nitrogens with one attached hydrogen (secondary N) is 1. The number of aliphatic hydroxyl groups is 1. The molecule has 0 aliphatic heterocycles. The lowest BCUT2D eigenvalue weighted by atomic mass is 10.0. The molecule has 5 aromatic rings. The zero-order valence-corrected chi connectivity index (χ0v) is 19.6. The Labute approximate surface area is 201 Å². The number of fused-ring (bicyclic) bond motifs is 1. The minimum atomic E-state index is -0.812. The Bertz CT molecular complexity index is 1490. The van der Waals surface area contributed by atoms with Crippen molar-refractivity contribution in [1.29, 1.82) is 0 Å². The van der Waals surface area contributed by atoms with Crippen molar-refractivity contribution < 1.29 is 14.4 Å². The molecule has 0 aliphatic carbocycles. The van der Waals surface area contributed by atoms with Gasteiger partial charge < -0.3 is 19.5 Å². The summed E-state index contributed by atoms with van der Waals surface area (Å²) in [4.78, 5) is 26.1. The molecule has 10 nitrogen and oxygen atoms in total. The molecule has 178 valence electrons. The maximum absolute atomic E-state index is 13.2. The number of anilines is 1. The van der Waals surface area contributed by atoms with Crippen molar-refractivity contribution in [2.75, 3.05) is 5.32 Å². The third kappa shape index (κ3) is 4.82. The van der Waals surface area contributed by atoms with E-state index >= 15 is 0 Å². The predicted molar refractivity (Wildman–Crippen MR) is 129 cm³/mol. The first-order valence-electron chi connectivity index (χ1n) is 11.2. The fraction of sp³-hybridized carbons (Fsp3) is 0.240. The topological polar surface area (TPSA) is 123 Å². The molecular weight excluding hydrogens is 446 g/mol. The van der Waals surface area contributed by atoms with Crippen LogP contribution in [0, 0.1) is 6.92 Å². The lowest BCUT2D eigenvalue weighted by Gasteiger charge is -2.14. The molecule has 4 aromatic heterocycles. The normalized spacial score (nSPS) is 11.8. The fourth-order valence-corrected chi connectivity index (χ4v) is 3.67. The Hall–Kier alpha value is -4.31. The van der Waals surface area contributed by atoms with Crippen molar-refractivity contribution in [3.05, 3.63) is 78.6 Å². The van der Waals surface area contributed by atoms with Crippen molar-refractivity contribution >= 4 is 17.2 Å². The largest absolute Gasteiger partial charge is 0.390 e. The average Bonchev–Trinajstić information content (AvgIpc) is 3.58.